The first-order valence-electron chi connectivity index (χ1n) is 10.1. The molecule has 1 fully saturated rings. The van der Waals surface area contributed by atoms with Gasteiger partial charge in [-0.25, -0.2) is 0 Å². The number of hydrogen-bond acceptors (Lipinski definition) is 3. The number of amides is 2. The minimum atomic E-state index is -0.132. The van der Waals surface area contributed by atoms with E-state index < -0.39 is 0 Å². The van der Waals surface area contributed by atoms with Crippen LogP contribution in [0.3, 0.4) is 0 Å². The van der Waals surface area contributed by atoms with E-state index in [0.717, 1.165) is 28.9 Å². The molecule has 4 rings (SSSR count). The third-order valence-electron chi connectivity index (χ3n) is 5.31. The fourth-order valence-corrected chi connectivity index (χ4v) is 4.81. The van der Waals surface area contributed by atoms with Gasteiger partial charge in [0.05, 0.1) is 5.75 Å². The zero-order valence-electron chi connectivity index (χ0n) is 17.1. The molecule has 30 heavy (non-hydrogen) atoms. The standard InChI is InChI=1S/C25H24N2O2S/c1-3-18-11-13-21(14-12-18)27-23(28)16-30-25(27)19-8-6-9-20(15-19)26-24(29)22-10-5-4-7-17(22)2/h4-15,25H,3,16H2,1-2H3,(H,26,29). The molecule has 1 atom stereocenters. The van der Waals surface area contributed by atoms with Gasteiger partial charge in [-0.1, -0.05) is 49.4 Å². The van der Waals surface area contributed by atoms with Crippen molar-refractivity contribution in [2.75, 3.05) is 16.0 Å². The maximum absolute atomic E-state index is 12.7. The van der Waals surface area contributed by atoms with Gasteiger partial charge in [0.25, 0.3) is 5.91 Å². The number of nitrogens with zero attached hydrogens (tertiary/aromatic N) is 1. The van der Waals surface area contributed by atoms with E-state index in [0.29, 0.717) is 11.3 Å². The average molecular weight is 417 g/mol. The van der Waals surface area contributed by atoms with Crippen molar-refractivity contribution >= 4 is 35.0 Å². The van der Waals surface area contributed by atoms with E-state index in [1.165, 1.54) is 5.56 Å². The summed E-state index contributed by atoms with van der Waals surface area (Å²) in [4.78, 5) is 27.2. The molecule has 2 amide bonds. The van der Waals surface area contributed by atoms with E-state index in [1.807, 2.05) is 72.5 Å². The second-order valence-corrected chi connectivity index (χ2v) is 8.41. The molecule has 0 aliphatic carbocycles. The molecule has 1 saturated heterocycles. The highest BCUT2D eigenvalue weighted by molar-refractivity contribution is 8.00. The Balaban J connectivity index is 1.58. The van der Waals surface area contributed by atoms with Crippen LogP contribution in [0.4, 0.5) is 11.4 Å². The van der Waals surface area contributed by atoms with Crippen molar-refractivity contribution in [2.45, 2.75) is 25.6 Å². The lowest BCUT2D eigenvalue weighted by Gasteiger charge is -2.25. The van der Waals surface area contributed by atoms with Gasteiger partial charge in [0.15, 0.2) is 0 Å². The van der Waals surface area contributed by atoms with Crippen LogP contribution in [-0.4, -0.2) is 17.6 Å². The van der Waals surface area contributed by atoms with Crippen LogP contribution in [0.5, 0.6) is 0 Å². The first kappa shape index (κ1) is 20.2. The molecule has 152 valence electrons. The van der Waals surface area contributed by atoms with Crippen LogP contribution in [-0.2, 0) is 11.2 Å². The summed E-state index contributed by atoms with van der Waals surface area (Å²) in [6.07, 6.45) is 0.967. The summed E-state index contributed by atoms with van der Waals surface area (Å²) in [6.45, 7) is 4.04. The fourth-order valence-electron chi connectivity index (χ4n) is 3.64. The van der Waals surface area contributed by atoms with E-state index in [1.54, 1.807) is 11.8 Å². The number of thioether (sulfide) groups is 1. The molecule has 1 unspecified atom stereocenters. The second-order valence-electron chi connectivity index (χ2n) is 7.34. The van der Waals surface area contributed by atoms with Crippen LogP contribution in [0.25, 0.3) is 0 Å². The van der Waals surface area contributed by atoms with Crippen LogP contribution in [0.1, 0.15) is 39.3 Å². The Morgan fingerprint density at radius 2 is 1.83 bits per heavy atom. The quantitative estimate of drug-likeness (QED) is 0.590. The molecule has 0 bridgehead atoms. The smallest absolute Gasteiger partial charge is 0.255 e. The van der Waals surface area contributed by atoms with Gasteiger partial charge in [0.2, 0.25) is 5.91 Å². The second kappa shape index (κ2) is 8.76. The third kappa shape index (κ3) is 4.12. The van der Waals surface area contributed by atoms with Crippen LogP contribution < -0.4 is 10.2 Å². The van der Waals surface area contributed by atoms with Crippen molar-refractivity contribution in [3.63, 3.8) is 0 Å². The largest absolute Gasteiger partial charge is 0.322 e. The maximum Gasteiger partial charge on any atom is 0.255 e. The third-order valence-corrected chi connectivity index (χ3v) is 6.52. The van der Waals surface area contributed by atoms with Gasteiger partial charge in [-0.2, -0.15) is 0 Å². The molecule has 0 aromatic heterocycles. The van der Waals surface area contributed by atoms with Crippen LogP contribution >= 0.6 is 11.8 Å². The number of benzene rings is 3. The van der Waals surface area contributed by atoms with Gasteiger partial charge in [0.1, 0.15) is 5.37 Å². The van der Waals surface area contributed by atoms with E-state index in [9.17, 15) is 9.59 Å². The lowest BCUT2D eigenvalue weighted by molar-refractivity contribution is -0.115. The molecule has 0 spiro atoms. The van der Waals surface area contributed by atoms with E-state index >= 15 is 0 Å². The summed E-state index contributed by atoms with van der Waals surface area (Å²) in [5, 5.41) is 2.88. The van der Waals surface area contributed by atoms with Crippen molar-refractivity contribution < 1.29 is 9.59 Å². The van der Waals surface area contributed by atoms with Crippen molar-refractivity contribution in [1.29, 1.82) is 0 Å². The number of carbonyl (C=O) groups is 2. The molecule has 1 N–H and O–H groups in total. The first-order chi connectivity index (χ1) is 14.6. The molecule has 4 nitrogen and oxygen atoms in total. The molecule has 3 aromatic rings. The fraction of sp³-hybridized carbons (Fsp3) is 0.200. The predicted molar refractivity (Wildman–Crippen MR) is 124 cm³/mol. The SMILES string of the molecule is CCc1ccc(N2C(=O)CSC2c2cccc(NC(=O)c3ccccc3C)c2)cc1. The predicted octanol–water partition coefficient (Wildman–Crippen LogP) is 5.59. The van der Waals surface area contributed by atoms with Crippen LogP contribution in [0.2, 0.25) is 0 Å². The Morgan fingerprint density at radius 3 is 2.57 bits per heavy atom. The number of hydrogen-bond donors (Lipinski definition) is 1. The van der Waals surface area contributed by atoms with Gasteiger partial charge in [-0.15, -0.1) is 11.8 Å². The molecule has 1 aliphatic rings. The highest BCUT2D eigenvalue weighted by Crippen LogP contribution is 2.42. The first-order valence-corrected chi connectivity index (χ1v) is 11.1. The number of aryl methyl sites for hydroxylation is 2. The Hall–Kier alpha value is -3.05. The van der Waals surface area contributed by atoms with Gasteiger partial charge >= 0.3 is 0 Å². The van der Waals surface area contributed by atoms with Crippen molar-refractivity contribution in [2.24, 2.45) is 0 Å². The summed E-state index contributed by atoms with van der Waals surface area (Å²) in [5.41, 5.74) is 5.46. The van der Waals surface area contributed by atoms with Gasteiger partial charge in [-0.3, -0.25) is 14.5 Å². The zero-order valence-corrected chi connectivity index (χ0v) is 17.9. The van der Waals surface area contributed by atoms with Gasteiger partial charge in [-0.05, 0) is 60.4 Å². The van der Waals surface area contributed by atoms with E-state index in [-0.39, 0.29) is 17.2 Å². The minimum Gasteiger partial charge on any atom is -0.322 e. The highest BCUT2D eigenvalue weighted by atomic mass is 32.2. The van der Waals surface area contributed by atoms with E-state index in [2.05, 4.69) is 24.4 Å². The monoisotopic (exact) mass is 416 g/mol. The van der Waals surface area contributed by atoms with Crippen LogP contribution in [0, 0.1) is 6.92 Å². The molecule has 1 aliphatic heterocycles. The van der Waals surface area contributed by atoms with Crippen LogP contribution in [0.15, 0.2) is 72.8 Å². The molecular weight excluding hydrogens is 392 g/mol. The van der Waals surface area contributed by atoms with E-state index in [4.69, 9.17) is 0 Å². The molecule has 0 saturated carbocycles. The Morgan fingerprint density at radius 1 is 1.07 bits per heavy atom. The highest BCUT2D eigenvalue weighted by Gasteiger charge is 2.34. The summed E-state index contributed by atoms with van der Waals surface area (Å²) in [7, 11) is 0. The Bertz CT molecular complexity index is 1080. The van der Waals surface area contributed by atoms with Gasteiger partial charge < -0.3 is 5.32 Å². The molecule has 1 heterocycles. The summed E-state index contributed by atoms with van der Waals surface area (Å²) >= 11 is 1.61. The number of nitrogens with one attached hydrogen (secondary N) is 1. The normalized spacial score (nSPS) is 16.0. The molecule has 5 heteroatoms. The van der Waals surface area contributed by atoms with Crippen molar-refractivity contribution in [3.05, 3.63) is 95.1 Å². The number of anilines is 2. The zero-order chi connectivity index (χ0) is 21.1. The van der Waals surface area contributed by atoms with Crippen molar-refractivity contribution in [1.82, 2.24) is 0 Å². The molecule has 3 aromatic carbocycles. The minimum absolute atomic E-state index is 0.101. The summed E-state index contributed by atoms with van der Waals surface area (Å²) in [6, 6.07) is 23.5. The molecular formula is C25H24N2O2S. The Labute approximate surface area is 181 Å². The Kier molecular flexibility index (Phi) is 5.91. The average Bonchev–Trinajstić information content (AvgIpc) is 3.15. The van der Waals surface area contributed by atoms with Gasteiger partial charge in [0, 0.05) is 16.9 Å². The summed E-state index contributed by atoms with van der Waals surface area (Å²) < 4.78 is 0. The maximum atomic E-state index is 12.7. The number of rotatable bonds is 5. The summed E-state index contributed by atoms with van der Waals surface area (Å²) in [5.74, 6) is 0.413. The lowest BCUT2D eigenvalue weighted by atomic mass is 10.1. The molecule has 0 radical (unpaired) electrons. The van der Waals surface area contributed by atoms with Crippen molar-refractivity contribution in [3.8, 4) is 0 Å². The lowest BCUT2D eigenvalue weighted by Crippen LogP contribution is -2.27. The topological polar surface area (TPSA) is 49.4 Å². The number of carbonyl (C=O) groups excluding carboxylic acids is 2.